The number of nitrogens with zero attached hydrogens (tertiary/aromatic N) is 1. The summed E-state index contributed by atoms with van der Waals surface area (Å²) in [6.45, 7) is 0.647. The van der Waals surface area contributed by atoms with Crippen LogP contribution >= 0.6 is 0 Å². The highest BCUT2D eigenvalue weighted by atomic mass is 16.5. The van der Waals surface area contributed by atoms with Gasteiger partial charge in [0.25, 0.3) is 5.91 Å². The van der Waals surface area contributed by atoms with Gasteiger partial charge in [-0.1, -0.05) is 48.5 Å². The quantitative estimate of drug-likeness (QED) is 0.559. The van der Waals surface area contributed by atoms with Crippen molar-refractivity contribution in [3.63, 3.8) is 0 Å². The molecule has 33 heavy (non-hydrogen) atoms. The summed E-state index contributed by atoms with van der Waals surface area (Å²) in [6.07, 6.45) is 0.179. The molecule has 3 amide bonds. The summed E-state index contributed by atoms with van der Waals surface area (Å²) in [5, 5.41) is 5.67. The Labute approximate surface area is 192 Å². The van der Waals surface area contributed by atoms with Gasteiger partial charge in [0, 0.05) is 30.9 Å². The van der Waals surface area contributed by atoms with Crippen molar-refractivity contribution in [2.75, 3.05) is 23.4 Å². The number of hydrogen-bond donors (Lipinski definition) is 2. The van der Waals surface area contributed by atoms with Gasteiger partial charge in [0.05, 0.1) is 5.92 Å². The standard InChI is InChI=1S/C26H25N3O4/c30-24(28-21-9-5-2-6-10-21)18-33-23-13-11-22(12-14-23)29-17-20(15-25(29)31)26(32)27-16-19-7-3-1-4-8-19/h1-14,20H,15-18H2,(H,27,32)(H,28,30). The fourth-order valence-electron chi connectivity index (χ4n) is 3.65. The minimum Gasteiger partial charge on any atom is -0.484 e. The van der Waals surface area contributed by atoms with E-state index in [0.717, 1.165) is 5.56 Å². The van der Waals surface area contributed by atoms with Gasteiger partial charge in [-0.2, -0.15) is 0 Å². The van der Waals surface area contributed by atoms with Gasteiger partial charge >= 0.3 is 0 Å². The second kappa shape index (κ2) is 10.5. The van der Waals surface area contributed by atoms with Crippen LogP contribution in [0.5, 0.6) is 5.75 Å². The van der Waals surface area contributed by atoms with Gasteiger partial charge < -0.3 is 20.3 Å². The molecule has 0 aliphatic carbocycles. The first-order chi connectivity index (χ1) is 16.1. The van der Waals surface area contributed by atoms with Crippen LogP contribution in [0.2, 0.25) is 0 Å². The van der Waals surface area contributed by atoms with Gasteiger partial charge in [0.15, 0.2) is 6.61 Å². The van der Waals surface area contributed by atoms with E-state index in [-0.39, 0.29) is 36.7 Å². The van der Waals surface area contributed by atoms with Crippen LogP contribution in [0.1, 0.15) is 12.0 Å². The Hall–Kier alpha value is -4.13. The number of anilines is 2. The Bertz CT molecular complexity index is 1100. The van der Waals surface area contributed by atoms with E-state index in [2.05, 4.69) is 10.6 Å². The molecule has 1 saturated heterocycles. The van der Waals surface area contributed by atoms with Crippen molar-refractivity contribution in [2.45, 2.75) is 13.0 Å². The van der Waals surface area contributed by atoms with Crippen molar-refractivity contribution in [1.82, 2.24) is 5.32 Å². The molecule has 2 N–H and O–H groups in total. The number of para-hydroxylation sites is 1. The van der Waals surface area contributed by atoms with E-state index in [4.69, 9.17) is 4.74 Å². The summed E-state index contributed by atoms with van der Waals surface area (Å²) < 4.78 is 5.54. The highest BCUT2D eigenvalue weighted by molar-refractivity contribution is 6.00. The van der Waals surface area contributed by atoms with Crippen LogP contribution in [0, 0.1) is 5.92 Å². The van der Waals surface area contributed by atoms with Crippen LogP contribution in [0.3, 0.4) is 0 Å². The number of ether oxygens (including phenoxy) is 1. The molecule has 4 rings (SSSR count). The molecule has 0 bridgehead atoms. The zero-order chi connectivity index (χ0) is 23.0. The molecule has 168 valence electrons. The third-order valence-corrected chi connectivity index (χ3v) is 5.38. The maximum atomic E-state index is 12.5. The Kier molecular flexibility index (Phi) is 6.99. The van der Waals surface area contributed by atoms with Crippen molar-refractivity contribution in [3.05, 3.63) is 90.5 Å². The fourth-order valence-corrected chi connectivity index (χ4v) is 3.65. The molecule has 3 aromatic rings. The van der Waals surface area contributed by atoms with Crippen molar-refractivity contribution in [2.24, 2.45) is 5.92 Å². The SMILES string of the molecule is O=C(COc1ccc(N2CC(C(=O)NCc3ccccc3)CC2=O)cc1)Nc1ccccc1. The minimum absolute atomic E-state index is 0.0919. The summed E-state index contributed by atoms with van der Waals surface area (Å²) in [7, 11) is 0. The van der Waals surface area contributed by atoms with Crippen LogP contribution in [-0.2, 0) is 20.9 Å². The van der Waals surface area contributed by atoms with Crippen LogP contribution < -0.4 is 20.3 Å². The third kappa shape index (κ3) is 5.98. The average Bonchev–Trinajstić information content (AvgIpc) is 3.24. The van der Waals surface area contributed by atoms with E-state index >= 15 is 0 Å². The summed E-state index contributed by atoms with van der Waals surface area (Å²) in [5.41, 5.74) is 2.41. The highest BCUT2D eigenvalue weighted by Gasteiger charge is 2.35. The number of rotatable bonds is 8. The molecule has 1 aliphatic heterocycles. The van der Waals surface area contributed by atoms with Gasteiger partial charge in [0.2, 0.25) is 11.8 Å². The Morgan fingerprint density at radius 2 is 1.58 bits per heavy atom. The predicted octanol–water partition coefficient (Wildman–Crippen LogP) is 3.37. The van der Waals surface area contributed by atoms with Gasteiger partial charge in [-0.05, 0) is 42.0 Å². The molecule has 3 aromatic carbocycles. The molecule has 1 aliphatic rings. The number of amides is 3. The third-order valence-electron chi connectivity index (χ3n) is 5.38. The zero-order valence-corrected chi connectivity index (χ0v) is 18.1. The number of carbonyl (C=O) groups is 3. The molecular weight excluding hydrogens is 418 g/mol. The van der Waals surface area contributed by atoms with Crippen LogP contribution in [0.4, 0.5) is 11.4 Å². The Morgan fingerprint density at radius 3 is 2.27 bits per heavy atom. The topological polar surface area (TPSA) is 87.7 Å². The van der Waals surface area contributed by atoms with Crippen molar-refractivity contribution < 1.29 is 19.1 Å². The molecule has 1 fully saturated rings. The maximum Gasteiger partial charge on any atom is 0.262 e. The molecule has 1 atom stereocenters. The van der Waals surface area contributed by atoms with Gasteiger partial charge in [-0.3, -0.25) is 14.4 Å². The fraction of sp³-hybridized carbons (Fsp3) is 0.192. The monoisotopic (exact) mass is 443 g/mol. The molecule has 0 aromatic heterocycles. The van der Waals surface area contributed by atoms with Crippen molar-refractivity contribution in [1.29, 1.82) is 0 Å². The lowest BCUT2D eigenvalue weighted by atomic mass is 10.1. The molecule has 7 nitrogen and oxygen atoms in total. The maximum absolute atomic E-state index is 12.5. The Balaban J connectivity index is 1.27. The average molecular weight is 444 g/mol. The van der Waals surface area contributed by atoms with Crippen LogP contribution in [-0.4, -0.2) is 30.9 Å². The molecule has 7 heteroatoms. The molecule has 0 saturated carbocycles. The second-order valence-corrected chi connectivity index (χ2v) is 7.81. The van der Waals surface area contributed by atoms with E-state index in [9.17, 15) is 14.4 Å². The lowest BCUT2D eigenvalue weighted by molar-refractivity contribution is -0.126. The van der Waals surface area contributed by atoms with Crippen LogP contribution in [0.15, 0.2) is 84.9 Å². The summed E-state index contributed by atoms with van der Waals surface area (Å²) in [4.78, 5) is 38.7. The Morgan fingerprint density at radius 1 is 0.909 bits per heavy atom. The first-order valence-corrected chi connectivity index (χ1v) is 10.8. The first-order valence-electron chi connectivity index (χ1n) is 10.8. The zero-order valence-electron chi connectivity index (χ0n) is 18.1. The largest absolute Gasteiger partial charge is 0.484 e. The van der Waals surface area contributed by atoms with E-state index in [1.807, 2.05) is 48.5 Å². The first kappa shape index (κ1) is 22.1. The van der Waals surface area contributed by atoms with Crippen LogP contribution in [0.25, 0.3) is 0 Å². The van der Waals surface area contributed by atoms with Gasteiger partial charge in [0.1, 0.15) is 5.75 Å². The van der Waals surface area contributed by atoms with Gasteiger partial charge in [-0.15, -0.1) is 0 Å². The van der Waals surface area contributed by atoms with E-state index in [1.54, 1.807) is 41.3 Å². The van der Waals surface area contributed by atoms with Crippen molar-refractivity contribution >= 4 is 29.1 Å². The molecule has 0 spiro atoms. The second-order valence-electron chi connectivity index (χ2n) is 7.81. The number of benzene rings is 3. The number of carbonyl (C=O) groups excluding carboxylic acids is 3. The molecular formula is C26H25N3O4. The molecule has 0 radical (unpaired) electrons. The normalized spacial score (nSPS) is 15.2. The minimum atomic E-state index is -0.390. The summed E-state index contributed by atoms with van der Waals surface area (Å²) >= 11 is 0. The lowest BCUT2D eigenvalue weighted by Gasteiger charge is -2.17. The van der Waals surface area contributed by atoms with E-state index in [0.29, 0.717) is 30.2 Å². The number of hydrogen-bond acceptors (Lipinski definition) is 4. The highest BCUT2D eigenvalue weighted by Crippen LogP contribution is 2.27. The van der Waals surface area contributed by atoms with E-state index < -0.39 is 0 Å². The predicted molar refractivity (Wildman–Crippen MR) is 126 cm³/mol. The summed E-state index contributed by atoms with van der Waals surface area (Å²) in [5.74, 6) is -0.348. The number of nitrogens with one attached hydrogen (secondary N) is 2. The lowest BCUT2D eigenvalue weighted by Crippen LogP contribution is -2.32. The van der Waals surface area contributed by atoms with E-state index in [1.165, 1.54) is 0 Å². The van der Waals surface area contributed by atoms with Gasteiger partial charge in [-0.25, -0.2) is 0 Å². The molecule has 1 unspecified atom stereocenters. The van der Waals surface area contributed by atoms with Crippen molar-refractivity contribution in [3.8, 4) is 5.75 Å². The smallest absolute Gasteiger partial charge is 0.262 e. The summed E-state index contributed by atoms with van der Waals surface area (Å²) in [6, 6.07) is 25.7. The molecule has 1 heterocycles.